The van der Waals surface area contributed by atoms with Crippen molar-refractivity contribution in [2.75, 3.05) is 16.9 Å². The predicted molar refractivity (Wildman–Crippen MR) is 95.7 cm³/mol. The van der Waals surface area contributed by atoms with E-state index in [9.17, 15) is 9.59 Å². The number of nitrogens with two attached hydrogens (primary N) is 1. The number of hydrogen-bond acceptors (Lipinski definition) is 6. The van der Waals surface area contributed by atoms with Crippen molar-refractivity contribution in [3.05, 3.63) is 45.4 Å². The number of amides is 1. The second-order valence-electron chi connectivity index (χ2n) is 5.24. The van der Waals surface area contributed by atoms with Gasteiger partial charge in [-0.25, -0.2) is 0 Å². The minimum absolute atomic E-state index is 0.0928. The number of nitrogens with zero attached hydrogens (tertiary/aromatic N) is 3. The fourth-order valence-corrected chi connectivity index (χ4v) is 2.93. The van der Waals surface area contributed by atoms with Gasteiger partial charge in [0.25, 0.3) is 5.56 Å². The van der Waals surface area contributed by atoms with E-state index in [-0.39, 0.29) is 22.5 Å². The molecule has 0 saturated carbocycles. The summed E-state index contributed by atoms with van der Waals surface area (Å²) in [7, 11) is 0. The van der Waals surface area contributed by atoms with Gasteiger partial charge in [0.2, 0.25) is 11.1 Å². The van der Waals surface area contributed by atoms with Gasteiger partial charge in [0.15, 0.2) is 0 Å². The number of carbonyl (C=O) groups is 1. The molecule has 8 heteroatoms. The molecule has 0 aliphatic carbocycles. The summed E-state index contributed by atoms with van der Waals surface area (Å²) in [5.74, 6) is 5.58. The van der Waals surface area contributed by atoms with Gasteiger partial charge in [-0.05, 0) is 30.9 Å². The first-order valence-electron chi connectivity index (χ1n) is 7.72. The molecule has 7 nitrogen and oxygen atoms in total. The standard InChI is InChI=1S/C16H21N5O2S/c1-4-11-7-6-8-12(5-2)14(11)18-13(22)9-24-16-20-19-10(3)15(23)21(16)17/h6-8H,4-5,9,17H2,1-3H3,(H,18,22). The van der Waals surface area contributed by atoms with Crippen molar-refractivity contribution in [3.8, 4) is 0 Å². The maximum absolute atomic E-state index is 12.3. The number of nitrogens with one attached hydrogen (secondary N) is 1. The zero-order valence-electron chi connectivity index (χ0n) is 14.0. The predicted octanol–water partition coefficient (Wildman–Crippen LogP) is 1.52. The molecule has 0 aliphatic rings. The molecule has 3 N–H and O–H groups in total. The van der Waals surface area contributed by atoms with Crippen molar-refractivity contribution in [3.63, 3.8) is 0 Å². The highest BCUT2D eigenvalue weighted by atomic mass is 32.2. The molecule has 0 spiro atoms. The molecule has 0 radical (unpaired) electrons. The summed E-state index contributed by atoms with van der Waals surface area (Å²) in [5, 5.41) is 10.8. The van der Waals surface area contributed by atoms with Crippen molar-refractivity contribution < 1.29 is 4.79 Å². The largest absolute Gasteiger partial charge is 0.334 e. The Morgan fingerprint density at radius 1 is 1.25 bits per heavy atom. The fraction of sp³-hybridized carbons (Fsp3) is 0.375. The zero-order chi connectivity index (χ0) is 17.7. The first-order valence-corrected chi connectivity index (χ1v) is 8.71. The smallest absolute Gasteiger partial charge is 0.294 e. The summed E-state index contributed by atoms with van der Waals surface area (Å²) in [5.41, 5.74) is 2.86. The Kier molecular flexibility index (Phi) is 5.97. The number of aromatic nitrogens is 3. The summed E-state index contributed by atoms with van der Waals surface area (Å²) in [4.78, 5) is 24.0. The summed E-state index contributed by atoms with van der Waals surface area (Å²) < 4.78 is 0.914. The number of nitrogen functional groups attached to an aromatic ring is 1. The van der Waals surface area contributed by atoms with Crippen LogP contribution in [0.1, 0.15) is 30.7 Å². The molecule has 24 heavy (non-hydrogen) atoms. The van der Waals surface area contributed by atoms with E-state index >= 15 is 0 Å². The number of benzene rings is 1. The number of thioether (sulfide) groups is 1. The maximum atomic E-state index is 12.3. The molecule has 0 bridgehead atoms. The van der Waals surface area contributed by atoms with Gasteiger partial charge >= 0.3 is 0 Å². The Hall–Kier alpha value is -2.35. The van der Waals surface area contributed by atoms with E-state index in [0.717, 1.165) is 46.1 Å². The van der Waals surface area contributed by atoms with E-state index in [1.165, 1.54) is 6.92 Å². The van der Waals surface area contributed by atoms with Crippen LogP contribution in [0.15, 0.2) is 28.2 Å². The van der Waals surface area contributed by atoms with E-state index in [4.69, 9.17) is 5.84 Å². The van der Waals surface area contributed by atoms with E-state index in [2.05, 4.69) is 15.5 Å². The SMILES string of the molecule is CCc1cccc(CC)c1NC(=O)CSc1nnc(C)c(=O)n1N. The van der Waals surface area contributed by atoms with E-state index in [0.29, 0.717) is 0 Å². The molecule has 0 unspecified atom stereocenters. The van der Waals surface area contributed by atoms with Crippen molar-refractivity contribution >= 4 is 23.4 Å². The van der Waals surface area contributed by atoms with Gasteiger partial charge < -0.3 is 11.2 Å². The molecule has 1 aromatic carbocycles. The molecule has 1 amide bonds. The first-order chi connectivity index (χ1) is 11.5. The van der Waals surface area contributed by atoms with E-state index in [1.807, 2.05) is 32.0 Å². The lowest BCUT2D eigenvalue weighted by Gasteiger charge is -2.14. The van der Waals surface area contributed by atoms with Crippen LogP contribution in [0.4, 0.5) is 5.69 Å². The third-order valence-corrected chi connectivity index (χ3v) is 4.56. The van der Waals surface area contributed by atoms with Gasteiger partial charge in [-0.15, -0.1) is 10.2 Å². The second kappa shape index (κ2) is 7.96. The van der Waals surface area contributed by atoms with Crippen LogP contribution < -0.4 is 16.7 Å². The molecular weight excluding hydrogens is 326 g/mol. The third-order valence-electron chi connectivity index (χ3n) is 3.62. The number of carbonyl (C=O) groups excluding carboxylic acids is 1. The highest BCUT2D eigenvalue weighted by Crippen LogP contribution is 2.23. The van der Waals surface area contributed by atoms with Crippen LogP contribution in [-0.4, -0.2) is 26.5 Å². The maximum Gasteiger partial charge on any atom is 0.294 e. The van der Waals surface area contributed by atoms with Gasteiger partial charge in [0.1, 0.15) is 5.69 Å². The van der Waals surface area contributed by atoms with Crippen molar-refractivity contribution in [2.45, 2.75) is 38.8 Å². The van der Waals surface area contributed by atoms with E-state index < -0.39 is 5.56 Å². The molecule has 0 atom stereocenters. The highest BCUT2D eigenvalue weighted by Gasteiger charge is 2.13. The minimum atomic E-state index is -0.419. The number of anilines is 1. The fourth-order valence-electron chi connectivity index (χ4n) is 2.28. The topological polar surface area (TPSA) is 103 Å². The molecule has 2 aromatic rings. The zero-order valence-corrected chi connectivity index (χ0v) is 14.8. The summed E-state index contributed by atoms with van der Waals surface area (Å²) in [6, 6.07) is 6.01. The number of hydrogen-bond donors (Lipinski definition) is 2. The average molecular weight is 347 g/mol. The molecule has 0 fully saturated rings. The number of aryl methyl sites for hydroxylation is 3. The Morgan fingerprint density at radius 3 is 2.46 bits per heavy atom. The molecule has 1 heterocycles. The van der Waals surface area contributed by atoms with Crippen LogP contribution in [-0.2, 0) is 17.6 Å². The Bertz CT molecular complexity index is 781. The second-order valence-corrected chi connectivity index (χ2v) is 6.18. The number of para-hydroxylation sites is 1. The van der Waals surface area contributed by atoms with E-state index in [1.54, 1.807) is 0 Å². The van der Waals surface area contributed by atoms with Crippen LogP contribution in [0.25, 0.3) is 0 Å². The molecule has 128 valence electrons. The van der Waals surface area contributed by atoms with Crippen molar-refractivity contribution in [1.29, 1.82) is 0 Å². The van der Waals surface area contributed by atoms with Gasteiger partial charge in [-0.1, -0.05) is 43.8 Å². The normalized spacial score (nSPS) is 10.6. The van der Waals surface area contributed by atoms with Gasteiger partial charge in [0, 0.05) is 5.69 Å². The van der Waals surface area contributed by atoms with Gasteiger partial charge in [-0.3, -0.25) is 9.59 Å². The average Bonchev–Trinajstić information content (AvgIpc) is 2.59. The molecular formula is C16H21N5O2S. The summed E-state index contributed by atoms with van der Waals surface area (Å²) in [6.45, 7) is 5.64. The van der Waals surface area contributed by atoms with Crippen LogP contribution >= 0.6 is 11.8 Å². The van der Waals surface area contributed by atoms with Crippen LogP contribution in [0, 0.1) is 6.92 Å². The van der Waals surface area contributed by atoms with Gasteiger partial charge in [0.05, 0.1) is 5.75 Å². The minimum Gasteiger partial charge on any atom is -0.334 e. The molecule has 0 aliphatic heterocycles. The third kappa shape index (κ3) is 3.94. The van der Waals surface area contributed by atoms with Crippen LogP contribution in [0.2, 0.25) is 0 Å². The summed E-state index contributed by atoms with van der Waals surface area (Å²) >= 11 is 1.08. The Morgan fingerprint density at radius 2 is 1.88 bits per heavy atom. The Balaban J connectivity index is 2.10. The Labute approximate surface area is 144 Å². The lowest BCUT2D eigenvalue weighted by atomic mass is 10.0. The van der Waals surface area contributed by atoms with Crippen molar-refractivity contribution in [1.82, 2.24) is 14.9 Å². The van der Waals surface area contributed by atoms with Gasteiger partial charge in [-0.2, -0.15) is 4.68 Å². The first kappa shape index (κ1) is 18.0. The lowest BCUT2D eigenvalue weighted by Crippen LogP contribution is -2.32. The van der Waals surface area contributed by atoms with Crippen LogP contribution in [0.5, 0.6) is 0 Å². The van der Waals surface area contributed by atoms with Crippen LogP contribution in [0.3, 0.4) is 0 Å². The summed E-state index contributed by atoms with van der Waals surface area (Å²) in [6.07, 6.45) is 1.67. The molecule has 2 rings (SSSR count). The quantitative estimate of drug-likeness (QED) is 0.606. The monoisotopic (exact) mass is 347 g/mol. The molecule has 0 saturated heterocycles. The lowest BCUT2D eigenvalue weighted by molar-refractivity contribution is -0.113. The molecule has 1 aromatic heterocycles. The van der Waals surface area contributed by atoms with Crippen molar-refractivity contribution in [2.24, 2.45) is 0 Å². The highest BCUT2D eigenvalue weighted by molar-refractivity contribution is 7.99. The number of rotatable bonds is 6.